The lowest BCUT2D eigenvalue weighted by Crippen LogP contribution is -2.41. The maximum absolute atomic E-state index is 12.5. The number of aromatic nitrogens is 2. The molecular formula is C16H19N3O4S2. The molecule has 0 fully saturated rings. The number of imidazole rings is 1. The Morgan fingerprint density at radius 2 is 2.20 bits per heavy atom. The van der Waals surface area contributed by atoms with Crippen LogP contribution in [0, 0.1) is 0 Å². The molecule has 1 unspecified atom stereocenters. The average molecular weight is 381 g/mol. The van der Waals surface area contributed by atoms with Crippen molar-refractivity contribution >= 4 is 21.4 Å². The van der Waals surface area contributed by atoms with Gasteiger partial charge < -0.3 is 14.1 Å². The molecule has 25 heavy (non-hydrogen) atoms. The van der Waals surface area contributed by atoms with Crippen LogP contribution in [0.3, 0.4) is 0 Å². The molecule has 0 radical (unpaired) electrons. The second-order valence-corrected chi connectivity index (χ2v) is 8.55. The lowest BCUT2D eigenvalue weighted by Gasteiger charge is -2.25. The Morgan fingerprint density at radius 3 is 2.76 bits per heavy atom. The Hall–Kier alpha value is -1.94. The van der Waals surface area contributed by atoms with E-state index in [9.17, 15) is 13.5 Å². The summed E-state index contributed by atoms with van der Waals surface area (Å²) in [6, 6.07) is 6.87. The van der Waals surface area contributed by atoms with Crippen LogP contribution in [0.4, 0.5) is 0 Å². The van der Waals surface area contributed by atoms with Gasteiger partial charge in [-0.2, -0.15) is 0 Å². The molecule has 3 aromatic heterocycles. The minimum atomic E-state index is -3.87. The van der Waals surface area contributed by atoms with E-state index in [1.54, 1.807) is 28.8 Å². The fourth-order valence-electron chi connectivity index (χ4n) is 2.34. The third-order valence-electron chi connectivity index (χ3n) is 3.83. The molecule has 1 atom stereocenters. The molecule has 3 heterocycles. The standard InChI is InChI=1S/C16H19N3O4S2/c1-12(2)19-9-15(17-11-19)25(21,22)18-10-16(20,13-5-3-7-23-13)14-6-4-8-24-14/h3-9,11-12,18,20H,10H2,1-2H3. The van der Waals surface area contributed by atoms with Gasteiger partial charge in [0.05, 0.1) is 19.1 Å². The summed E-state index contributed by atoms with van der Waals surface area (Å²) in [6.45, 7) is 3.59. The summed E-state index contributed by atoms with van der Waals surface area (Å²) in [7, 11) is -3.87. The van der Waals surface area contributed by atoms with E-state index in [1.165, 1.54) is 30.1 Å². The Balaban J connectivity index is 1.86. The van der Waals surface area contributed by atoms with Crippen molar-refractivity contribution in [2.45, 2.75) is 30.5 Å². The summed E-state index contributed by atoms with van der Waals surface area (Å²) in [5, 5.41) is 12.8. The maximum atomic E-state index is 12.5. The van der Waals surface area contributed by atoms with E-state index in [4.69, 9.17) is 4.42 Å². The van der Waals surface area contributed by atoms with Gasteiger partial charge in [0.25, 0.3) is 10.0 Å². The lowest BCUT2D eigenvalue weighted by atomic mass is 9.99. The number of thiophene rings is 1. The molecule has 7 nitrogen and oxygen atoms in total. The molecule has 0 saturated carbocycles. The number of rotatable bonds is 7. The van der Waals surface area contributed by atoms with Crippen molar-refractivity contribution in [2.24, 2.45) is 0 Å². The molecule has 0 amide bonds. The van der Waals surface area contributed by atoms with E-state index in [0.717, 1.165) is 0 Å². The zero-order valence-corrected chi connectivity index (χ0v) is 15.4. The molecule has 0 aromatic carbocycles. The summed E-state index contributed by atoms with van der Waals surface area (Å²) >= 11 is 1.32. The fourth-order valence-corrected chi connectivity index (χ4v) is 4.16. The van der Waals surface area contributed by atoms with Crippen molar-refractivity contribution in [2.75, 3.05) is 6.54 Å². The van der Waals surface area contributed by atoms with Crippen LogP contribution in [0.5, 0.6) is 0 Å². The second-order valence-electron chi connectivity index (χ2n) is 5.89. The normalized spacial score (nSPS) is 14.7. The van der Waals surface area contributed by atoms with Gasteiger partial charge in [-0.05, 0) is 37.4 Å². The van der Waals surface area contributed by atoms with E-state index in [1.807, 2.05) is 19.2 Å². The Kier molecular flexibility index (Phi) is 4.83. The number of furan rings is 1. The summed E-state index contributed by atoms with van der Waals surface area (Å²) in [5.74, 6) is 0.269. The van der Waals surface area contributed by atoms with Crippen LogP contribution in [0.25, 0.3) is 0 Å². The van der Waals surface area contributed by atoms with Crippen LogP contribution in [0.15, 0.2) is 57.9 Å². The first-order chi connectivity index (χ1) is 11.8. The molecule has 3 aromatic rings. The van der Waals surface area contributed by atoms with Crippen LogP contribution in [-0.4, -0.2) is 29.6 Å². The summed E-state index contributed by atoms with van der Waals surface area (Å²) in [5.41, 5.74) is -1.59. The highest BCUT2D eigenvalue weighted by Crippen LogP contribution is 2.33. The van der Waals surface area contributed by atoms with Crippen molar-refractivity contribution in [1.82, 2.24) is 14.3 Å². The first-order valence-corrected chi connectivity index (χ1v) is 10.0. The van der Waals surface area contributed by atoms with Crippen molar-refractivity contribution in [1.29, 1.82) is 0 Å². The number of sulfonamides is 1. The first kappa shape index (κ1) is 17.9. The molecule has 0 bridgehead atoms. The molecule has 3 rings (SSSR count). The monoisotopic (exact) mass is 381 g/mol. The zero-order chi connectivity index (χ0) is 18.1. The highest BCUT2D eigenvalue weighted by Gasteiger charge is 2.37. The predicted octanol–water partition coefficient (Wildman–Crippen LogP) is 2.33. The van der Waals surface area contributed by atoms with E-state index >= 15 is 0 Å². The van der Waals surface area contributed by atoms with E-state index in [0.29, 0.717) is 4.88 Å². The Morgan fingerprint density at radius 1 is 1.40 bits per heavy atom. The average Bonchev–Trinajstić information content (AvgIpc) is 3.35. The highest BCUT2D eigenvalue weighted by atomic mass is 32.2. The van der Waals surface area contributed by atoms with E-state index in [-0.39, 0.29) is 23.4 Å². The van der Waals surface area contributed by atoms with Gasteiger partial charge in [-0.25, -0.2) is 18.1 Å². The van der Waals surface area contributed by atoms with Gasteiger partial charge in [-0.15, -0.1) is 11.3 Å². The molecular weight excluding hydrogens is 362 g/mol. The molecule has 9 heteroatoms. The van der Waals surface area contributed by atoms with Crippen molar-refractivity contribution < 1.29 is 17.9 Å². The zero-order valence-electron chi connectivity index (χ0n) is 13.8. The summed E-state index contributed by atoms with van der Waals surface area (Å²) < 4.78 is 34.5. The fraction of sp³-hybridized carbons (Fsp3) is 0.312. The van der Waals surface area contributed by atoms with Crippen molar-refractivity contribution in [3.05, 3.63) is 59.1 Å². The van der Waals surface area contributed by atoms with Gasteiger partial charge in [0, 0.05) is 17.1 Å². The van der Waals surface area contributed by atoms with Gasteiger partial charge in [-0.1, -0.05) is 6.07 Å². The maximum Gasteiger partial charge on any atom is 0.259 e. The number of hydrogen-bond donors (Lipinski definition) is 2. The first-order valence-electron chi connectivity index (χ1n) is 7.66. The van der Waals surface area contributed by atoms with Crippen LogP contribution < -0.4 is 4.72 Å². The minimum absolute atomic E-state index is 0.0887. The van der Waals surface area contributed by atoms with Gasteiger partial charge in [0.2, 0.25) is 0 Å². The van der Waals surface area contributed by atoms with Crippen LogP contribution in [0.1, 0.15) is 30.5 Å². The van der Waals surface area contributed by atoms with E-state index < -0.39 is 15.6 Å². The lowest BCUT2D eigenvalue weighted by molar-refractivity contribution is 0.0655. The van der Waals surface area contributed by atoms with Crippen LogP contribution in [-0.2, 0) is 15.6 Å². The number of hydrogen-bond acceptors (Lipinski definition) is 6. The van der Waals surface area contributed by atoms with Gasteiger partial charge in [-0.3, -0.25) is 0 Å². The number of nitrogens with zero attached hydrogens (tertiary/aromatic N) is 2. The molecule has 0 saturated heterocycles. The van der Waals surface area contributed by atoms with Gasteiger partial charge in [0.15, 0.2) is 10.6 Å². The highest BCUT2D eigenvalue weighted by molar-refractivity contribution is 7.89. The summed E-state index contributed by atoms with van der Waals surface area (Å²) in [6.07, 6.45) is 4.37. The number of nitrogens with one attached hydrogen (secondary N) is 1. The Bertz CT molecular complexity index is 878. The molecule has 0 spiro atoms. The molecule has 134 valence electrons. The third-order valence-corrected chi connectivity index (χ3v) is 6.13. The minimum Gasteiger partial charge on any atom is -0.466 e. The predicted molar refractivity (Wildman–Crippen MR) is 93.8 cm³/mol. The van der Waals surface area contributed by atoms with E-state index in [2.05, 4.69) is 9.71 Å². The smallest absolute Gasteiger partial charge is 0.259 e. The Labute approximate surface area is 150 Å². The quantitative estimate of drug-likeness (QED) is 0.655. The van der Waals surface area contributed by atoms with Gasteiger partial charge >= 0.3 is 0 Å². The SMILES string of the molecule is CC(C)n1cnc(S(=O)(=O)NCC(O)(c2ccco2)c2cccs2)c1. The van der Waals surface area contributed by atoms with Crippen LogP contribution >= 0.6 is 11.3 Å². The second kappa shape index (κ2) is 6.75. The van der Waals surface area contributed by atoms with Crippen LogP contribution in [0.2, 0.25) is 0 Å². The molecule has 0 aliphatic heterocycles. The van der Waals surface area contributed by atoms with Crippen molar-refractivity contribution in [3.63, 3.8) is 0 Å². The van der Waals surface area contributed by atoms with Crippen molar-refractivity contribution in [3.8, 4) is 0 Å². The topological polar surface area (TPSA) is 97.4 Å². The number of aliphatic hydroxyl groups is 1. The van der Waals surface area contributed by atoms with Gasteiger partial charge in [0.1, 0.15) is 5.76 Å². The largest absolute Gasteiger partial charge is 0.466 e. The molecule has 0 aliphatic carbocycles. The molecule has 2 N–H and O–H groups in total. The third kappa shape index (κ3) is 3.54. The molecule has 0 aliphatic rings. The summed E-state index contributed by atoms with van der Waals surface area (Å²) in [4.78, 5) is 4.53.